The molecule has 2 heterocycles. The molecule has 1 N–H and O–H groups in total. The average Bonchev–Trinajstić information content (AvgIpc) is 3.02. The van der Waals surface area contributed by atoms with Crippen LogP contribution in [-0.2, 0) is 14.8 Å². The molecule has 8 nitrogen and oxygen atoms in total. The minimum absolute atomic E-state index is 0.0260. The van der Waals surface area contributed by atoms with Crippen LogP contribution >= 0.6 is 12.2 Å². The molecule has 0 atom stereocenters. The summed E-state index contributed by atoms with van der Waals surface area (Å²) < 4.78 is 38.1. The predicted octanol–water partition coefficient (Wildman–Crippen LogP) is 2.20. The standard InChI is InChI=1S/C19H29N3O5S2/c1-13-16(18(23)26-3)17(14(2)27-13)29(24,25)22-11-9-21(10-12-22)19(28)20-15-7-5-4-6-8-15/h15H,4-12H2,1-3H3,(H,20,28). The van der Waals surface area contributed by atoms with E-state index in [2.05, 4.69) is 5.32 Å². The minimum Gasteiger partial charge on any atom is -0.465 e. The molecule has 2 fully saturated rings. The van der Waals surface area contributed by atoms with E-state index in [0.717, 1.165) is 12.8 Å². The van der Waals surface area contributed by atoms with E-state index in [9.17, 15) is 13.2 Å². The van der Waals surface area contributed by atoms with Gasteiger partial charge in [0.2, 0.25) is 10.0 Å². The number of furan rings is 1. The lowest BCUT2D eigenvalue weighted by atomic mass is 9.96. The van der Waals surface area contributed by atoms with Gasteiger partial charge in [-0.3, -0.25) is 0 Å². The minimum atomic E-state index is -3.89. The molecule has 1 aliphatic carbocycles. The molecule has 0 amide bonds. The Balaban J connectivity index is 1.69. The van der Waals surface area contributed by atoms with Crippen molar-refractivity contribution in [3.63, 3.8) is 0 Å². The normalized spacial score (nSPS) is 19.2. The number of piperazine rings is 1. The van der Waals surface area contributed by atoms with E-state index < -0.39 is 16.0 Å². The Morgan fingerprint density at radius 2 is 1.72 bits per heavy atom. The number of methoxy groups -OCH3 is 1. The second-order valence-corrected chi connectivity index (χ2v) is 9.85. The third kappa shape index (κ3) is 4.59. The van der Waals surface area contributed by atoms with Crippen LogP contribution in [0.5, 0.6) is 0 Å². The van der Waals surface area contributed by atoms with Gasteiger partial charge in [0, 0.05) is 32.2 Å². The Labute approximate surface area is 177 Å². The van der Waals surface area contributed by atoms with Crippen molar-refractivity contribution in [1.29, 1.82) is 0 Å². The zero-order chi connectivity index (χ0) is 21.2. The summed E-state index contributed by atoms with van der Waals surface area (Å²) in [5, 5.41) is 4.13. The van der Waals surface area contributed by atoms with Crippen LogP contribution in [-0.4, -0.2) is 68.0 Å². The van der Waals surface area contributed by atoms with E-state index in [-0.39, 0.29) is 22.0 Å². The van der Waals surface area contributed by atoms with Crippen LogP contribution in [0.1, 0.15) is 54.0 Å². The second-order valence-electron chi connectivity index (χ2n) is 7.59. The number of thiocarbonyl (C=S) groups is 1. The maximum Gasteiger partial charge on any atom is 0.342 e. The first-order valence-corrected chi connectivity index (χ1v) is 11.8. The third-order valence-corrected chi connectivity index (χ3v) is 8.08. The SMILES string of the molecule is COC(=O)c1c(C)oc(C)c1S(=O)(=O)N1CCN(C(=S)NC2CCCCC2)CC1. The summed E-state index contributed by atoms with van der Waals surface area (Å²) in [5.41, 5.74) is -0.0260. The Kier molecular flexibility index (Phi) is 6.85. The van der Waals surface area contributed by atoms with Crippen molar-refractivity contribution < 1.29 is 22.4 Å². The van der Waals surface area contributed by atoms with E-state index >= 15 is 0 Å². The summed E-state index contributed by atoms with van der Waals surface area (Å²) in [6, 6.07) is 0.414. The summed E-state index contributed by atoms with van der Waals surface area (Å²) in [4.78, 5) is 14.0. The van der Waals surface area contributed by atoms with Gasteiger partial charge in [-0.1, -0.05) is 19.3 Å². The molecule has 10 heteroatoms. The first kappa shape index (κ1) is 22.0. The molecule has 1 aromatic rings. The lowest BCUT2D eigenvalue weighted by molar-refractivity contribution is 0.0594. The molecule has 2 aliphatic rings. The van der Waals surface area contributed by atoms with Crippen LogP contribution in [0, 0.1) is 13.8 Å². The van der Waals surface area contributed by atoms with Crippen molar-refractivity contribution in [3.8, 4) is 0 Å². The van der Waals surface area contributed by atoms with E-state index in [1.165, 1.54) is 30.7 Å². The Hall–Kier alpha value is -1.65. The first-order chi connectivity index (χ1) is 13.8. The number of hydrogen-bond acceptors (Lipinski definition) is 6. The van der Waals surface area contributed by atoms with Crippen LogP contribution in [0.2, 0.25) is 0 Å². The number of carbonyl (C=O) groups is 1. The summed E-state index contributed by atoms with van der Waals surface area (Å²) in [5.74, 6) is -0.279. The molecule has 1 aromatic heterocycles. The molecule has 1 saturated heterocycles. The number of carbonyl (C=O) groups excluding carboxylic acids is 1. The van der Waals surface area contributed by atoms with Gasteiger partial charge >= 0.3 is 5.97 Å². The van der Waals surface area contributed by atoms with Crippen LogP contribution in [0.3, 0.4) is 0 Å². The van der Waals surface area contributed by atoms with Crippen LogP contribution < -0.4 is 5.32 Å². The molecule has 1 saturated carbocycles. The highest BCUT2D eigenvalue weighted by Crippen LogP contribution is 2.30. The molecule has 0 spiro atoms. The van der Waals surface area contributed by atoms with Gasteiger partial charge in [-0.05, 0) is 38.9 Å². The number of aryl methyl sites for hydroxylation is 2. The molecular formula is C19H29N3O5S2. The van der Waals surface area contributed by atoms with Crippen molar-refractivity contribution in [1.82, 2.24) is 14.5 Å². The van der Waals surface area contributed by atoms with Gasteiger partial charge in [-0.25, -0.2) is 13.2 Å². The Morgan fingerprint density at radius 3 is 2.31 bits per heavy atom. The van der Waals surface area contributed by atoms with Crippen LogP contribution in [0.4, 0.5) is 0 Å². The molecule has 0 bridgehead atoms. The van der Waals surface area contributed by atoms with Crippen molar-refractivity contribution in [2.45, 2.75) is 56.9 Å². The maximum absolute atomic E-state index is 13.2. The molecule has 162 valence electrons. The fraction of sp³-hybridized carbons (Fsp3) is 0.684. The topological polar surface area (TPSA) is 92.1 Å². The smallest absolute Gasteiger partial charge is 0.342 e. The fourth-order valence-corrected chi connectivity index (χ4v) is 6.23. The molecule has 3 rings (SSSR count). The fourth-order valence-electron chi connectivity index (χ4n) is 4.09. The van der Waals surface area contributed by atoms with E-state index in [0.29, 0.717) is 37.3 Å². The molecule has 0 radical (unpaired) electrons. The number of sulfonamides is 1. The molecule has 29 heavy (non-hydrogen) atoms. The summed E-state index contributed by atoms with van der Waals surface area (Å²) in [6.07, 6.45) is 5.98. The molecule has 0 unspecified atom stereocenters. The van der Waals surface area contributed by atoms with Crippen molar-refractivity contribution in [2.75, 3.05) is 33.3 Å². The number of nitrogens with one attached hydrogen (secondary N) is 1. The van der Waals surface area contributed by atoms with E-state index in [1.54, 1.807) is 13.8 Å². The van der Waals surface area contributed by atoms with Gasteiger partial charge in [-0.2, -0.15) is 4.31 Å². The highest BCUT2D eigenvalue weighted by molar-refractivity contribution is 7.89. The lowest BCUT2D eigenvalue weighted by Gasteiger charge is -2.37. The number of rotatable bonds is 4. The number of ether oxygens (including phenoxy) is 1. The van der Waals surface area contributed by atoms with Crippen molar-refractivity contribution in [2.24, 2.45) is 0 Å². The highest BCUT2D eigenvalue weighted by Gasteiger charge is 2.37. The second kappa shape index (κ2) is 9.01. The zero-order valence-electron chi connectivity index (χ0n) is 17.2. The summed E-state index contributed by atoms with van der Waals surface area (Å²) >= 11 is 5.55. The quantitative estimate of drug-likeness (QED) is 0.559. The highest BCUT2D eigenvalue weighted by atomic mass is 32.2. The van der Waals surface area contributed by atoms with Crippen molar-refractivity contribution in [3.05, 3.63) is 17.1 Å². The van der Waals surface area contributed by atoms with Crippen LogP contribution in [0.25, 0.3) is 0 Å². The number of nitrogens with zero attached hydrogens (tertiary/aromatic N) is 2. The molecular weight excluding hydrogens is 414 g/mol. The summed E-state index contributed by atoms with van der Waals surface area (Å²) in [6.45, 7) is 4.69. The van der Waals surface area contributed by atoms with Gasteiger partial charge in [0.05, 0.1) is 7.11 Å². The van der Waals surface area contributed by atoms with Gasteiger partial charge < -0.3 is 19.4 Å². The predicted molar refractivity (Wildman–Crippen MR) is 112 cm³/mol. The monoisotopic (exact) mass is 443 g/mol. The number of hydrogen-bond donors (Lipinski definition) is 1. The van der Waals surface area contributed by atoms with Crippen molar-refractivity contribution >= 4 is 33.3 Å². The third-order valence-electron chi connectivity index (χ3n) is 5.65. The van der Waals surface area contributed by atoms with E-state index in [1.807, 2.05) is 4.90 Å². The van der Waals surface area contributed by atoms with Gasteiger partial charge in [-0.15, -0.1) is 0 Å². The van der Waals surface area contributed by atoms with Crippen LogP contribution in [0.15, 0.2) is 9.31 Å². The first-order valence-electron chi connectivity index (χ1n) is 9.99. The lowest BCUT2D eigenvalue weighted by Crippen LogP contribution is -2.54. The Morgan fingerprint density at radius 1 is 1.10 bits per heavy atom. The average molecular weight is 444 g/mol. The molecule has 0 aromatic carbocycles. The molecule has 1 aliphatic heterocycles. The zero-order valence-corrected chi connectivity index (χ0v) is 18.8. The van der Waals surface area contributed by atoms with Gasteiger partial charge in [0.25, 0.3) is 0 Å². The van der Waals surface area contributed by atoms with Gasteiger partial charge in [0.15, 0.2) is 5.11 Å². The Bertz CT molecular complexity index is 867. The van der Waals surface area contributed by atoms with E-state index in [4.69, 9.17) is 21.4 Å². The van der Waals surface area contributed by atoms with Gasteiger partial charge in [0.1, 0.15) is 22.0 Å². The summed E-state index contributed by atoms with van der Waals surface area (Å²) in [7, 11) is -2.66. The number of esters is 1. The largest absolute Gasteiger partial charge is 0.465 e. The maximum atomic E-state index is 13.2.